The van der Waals surface area contributed by atoms with E-state index in [1.54, 1.807) is 56.9 Å². The summed E-state index contributed by atoms with van der Waals surface area (Å²) in [5.74, 6) is 1.22. The molecule has 0 aliphatic rings. The second kappa shape index (κ2) is 12.5. The predicted octanol–water partition coefficient (Wildman–Crippen LogP) is 6.04. The number of rotatable bonds is 10. The Labute approximate surface area is 221 Å². The number of carbonyl (C=O) groups is 2. The molecule has 1 aromatic heterocycles. The second-order valence-corrected chi connectivity index (χ2v) is 8.94. The molecule has 0 fully saturated rings. The molecule has 1 heterocycles. The predicted molar refractivity (Wildman–Crippen MR) is 144 cm³/mol. The van der Waals surface area contributed by atoms with Crippen LogP contribution in [0.3, 0.4) is 0 Å². The zero-order valence-electron chi connectivity index (χ0n) is 20.5. The molecule has 3 aromatic rings. The van der Waals surface area contributed by atoms with E-state index < -0.39 is 11.9 Å². The lowest BCUT2D eigenvalue weighted by Gasteiger charge is -2.11. The van der Waals surface area contributed by atoms with Gasteiger partial charge in [0.2, 0.25) is 5.91 Å². The monoisotopic (exact) mass is 575 g/mol. The largest absolute Gasteiger partial charge is 0.493 e. The highest BCUT2D eigenvalue weighted by molar-refractivity contribution is 9.10. The molecule has 0 bridgehead atoms. The number of carbonyl (C=O) groups excluding carboxylic acids is 2. The molecular weight excluding hydrogens is 550 g/mol. The van der Waals surface area contributed by atoms with Gasteiger partial charge in [0.1, 0.15) is 10.6 Å². The van der Waals surface area contributed by atoms with Gasteiger partial charge in [0, 0.05) is 17.0 Å². The van der Waals surface area contributed by atoms with E-state index in [1.807, 2.05) is 6.07 Å². The van der Waals surface area contributed by atoms with Gasteiger partial charge in [-0.05, 0) is 64.3 Å². The number of amides is 1. The van der Waals surface area contributed by atoms with E-state index in [-0.39, 0.29) is 12.2 Å². The number of ether oxygens (including phenoxy) is 5. The Morgan fingerprint density at radius 1 is 0.972 bits per heavy atom. The molecule has 0 aliphatic heterocycles. The first-order valence-electron chi connectivity index (χ1n) is 10.8. The number of esters is 1. The lowest BCUT2D eigenvalue weighted by molar-refractivity contribution is -0.111. The van der Waals surface area contributed by atoms with Gasteiger partial charge in [-0.3, -0.25) is 4.79 Å². The van der Waals surface area contributed by atoms with Crippen molar-refractivity contribution in [2.24, 2.45) is 0 Å². The van der Waals surface area contributed by atoms with Gasteiger partial charge < -0.3 is 29.0 Å². The van der Waals surface area contributed by atoms with Gasteiger partial charge in [0.15, 0.2) is 23.0 Å². The first kappa shape index (κ1) is 27.1. The lowest BCUT2D eigenvalue weighted by atomic mass is 10.0. The molecule has 0 saturated heterocycles. The minimum absolute atomic E-state index is 0.196. The summed E-state index contributed by atoms with van der Waals surface area (Å²) in [6, 6.07) is 8.88. The van der Waals surface area contributed by atoms with Gasteiger partial charge in [-0.15, -0.1) is 11.3 Å². The molecule has 190 valence electrons. The fraction of sp³-hybridized carbons (Fsp3) is 0.231. The summed E-state index contributed by atoms with van der Waals surface area (Å²) in [6.45, 7) is 1.92. The maximum Gasteiger partial charge on any atom is 0.341 e. The fourth-order valence-corrected chi connectivity index (χ4v) is 5.01. The summed E-state index contributed by atoms with van der Waals surface area (Å²) in [4.78, 5) is 25.6. The molecule has 0 saturated carbocycles. The van der Waals surface area contributed by atoms with E-state index >= 15 is 0 Å². The Morgan fingerprint density at radius 2 is 1.69 bits per heavy atom. The molecule has 0 spiro atoms. The van der Waals surface area contributed by atoms with Gasteiger partial charge in [0.25, 0.3) is 0 Å². The normalized spacial score (nSPS) is 10.7. The first-order chi connectivity index (χ1) is 17.4. The Hall–Kier alpha value is -3.50. The van der Waals surface area contributed by atoms with Crippen molar-refractivity contribution in [2.45, 2.75) is 6.92 Å². The van der Waals surface area contributed by atoms with E-state index in [9.17, 15) is 9.59 Å². The number of nitrogens with one attached hydrogen (secondary N) is 1. The van der Waals surface area contributed by atoms with Crippen LogP contribution in [0.4, 0.5) is 5.00 Å². The van der Waals surface area contributed by atoms with Crippen LogP contribution in [0.25, 0.3) is 17.2 Å². The van der Waals surface area contributed by atoms with E-state index in [2.05, 4.69) is 21.2 Å². The first-order valence-corrected chi connectivity index (χ1v) is 12.5. The highest BCUT2D eigenvalue weighted by Gasteiger charge is 2.23. The van der Waals surface area contributed by atoms with Crippen molar-refractivity contribution in [3.8, 4) is 34.1 Å². The van der Waals surface area contributed by atoms with Gasteiger partial charge in [0.05, 0.1) is 39.5 Å². The fourth-order valence-electron chi connectivity index (χ4n) is 3.43. The average molecular weight is 576 g/mol. The molecular formula is C26H26BrNO7S. The molecule has 10 heteroatoms. The van der Waals surface area contributed by atoms with Gasteiger partial charge >= 0.3 is 5.97 Å². The molecule has 8 nitrogen and oxygen atoms in total. The minimum atomic E-state index is -0.536. The molecule has 3 rings (SSSR count). The quantitative estimate of drug-likeness (QED) is 0.232. The van der Waals surface area contributed by atoms with Crippen LogP contribution < -0.4 is 24.3 Å². The van der Waals surface area contributed by atoms with Crippen molar-refractivity contribution >= 4 is 50.2 Å². The maximum atomic E-state index is 12.9. The summed E-state index contributed by atoms with van der Waals surface area (Å²) < 4.78 is 27.3. The number of hydrogen-bond acceptors (Lipinski definition) is 8. The Balaban J connectivity index is 1.91. The summed E-state index contributed by atoms with van der Waals surface area (Å²) in [5, 5.41) is 4.96. The molecule has 2 aromatic carbocycles. The number of methoxy groups -OCH3 is 4. The highest BCUT2D eigenvalue weighted by Crippen LogP contribution is 2.40. The summed E-state index contributed by atoms with van der Waals surface area (Å²) in [7, 11) is 6.17. The zero-order valence-corrected chi connectivity index (χ0v) is 22.9. The average Bonchev–Trinajstić information content (AvgIpc) is 3.30. The molecule has 1 amide bonds. The summed E-state index contributed by atoms with van der Waals surface area (Å²) in [5.41, 5.74) is 2.32. The van der Waals surface area contributed by atoms with Crippen LogP contribution >= 0.6 is 27.3 Å². The molecule has 0 atom stereocenters. The van der Waals surface area contributed by atoms with Crippen LogP contribution in [0.2, 0.25) is 0 Å². The van der Waals surface area contributed by atoms with Crippen molar-refractivity contribution in [3.05, 3.63) is 57.4 Å². The smallest absolute Gasteiger partial charge is 0.341 e. The topological polar surface area (TPSA) is 92.3 Å². The molecule has 1 N–H and O–H groups in total. The van der Waals surface area contributed by atoms with Crippen LogP contribution in [-0.4, -0.2) is 46.9 Å². The third kappa shape index (κ3) is 6.00. The number of thiophene rings is 1. The Bertz CT molecular complexity index is 1290. The molecule has 0 unspecified atom stereocenters. The van der Waals surface area contributed by atoms with Crippen molar-refractivity contribution in [1.29, 1.82) is 0 Å². The number of hydrogen-bond donors (Lipinski definition) is 1. The van der Waals surface area contributed by atoms with Crippen LogP contribution in [0.5, 0.6) is 23.0 Å². The van der Waals surface area contributed by atoms with Crippen molar-refractivity contribution in [2.75, 3.05) is 40.4 Å². The maximum absolute atomic E-state index is 12.9. The third-order valence-electron chi connectivity index (χ3n) is 5.08. The minimum Gasteiger partial charge on any atom is -0.493 e. The summed E-state index contributed by atoms with van der Waals surface area (Å²) in [6.07, 6.45) is 3.01. The summed E-state index contributed by atoms with van der Waals surface area (Å²) >= 11 is 4.67. The number of benzene rings is 2. The second-order valence-electron chi connectivity index (χ2n) is 7.20. The Morgan fingerprint density at radius 3 is 2.33 bits per heavy atom. The van der Waals surface area contributed by atoms with E-state index in [0.29, 0.717) is 38.0 Å². The zero-order chi connectivity index (χ0) is 26.2. The van der Waals surface area contributed by atoms with Crippen LogP contribution in [-0.2, 0) is 9.53 Å². The van der Waals surface area contributed by atoms with Crippen LogP contribution in [0, 0.1) is 0 Å². The molecule has 0 aliphatic carbocycles. The lowest BCUT2D eigenvalue weighted by Crippen LogP contribution is -2.12. The van der Waals surface area contributed by atoms with Gasteiger partial charge in [-0.1, -0.05) is 6.07 Å². The standard InChI is InChI=1S/C26H26BrNO7S/c1-6-35-26(30)23-17(16-8-9-19(31-2)20(13-16)32-3)14-36-25(23)28-22(29)10-7-15-11-18(27)24(34-5)21(12-15)33-4/h7-14H,6H2,1-5H3,(H,28,29). The Kier molecular flexibility index (Phi) is 9.38. The van der Waals surface area contributed by atoms with E-state index in [0.717, 1.165) is 11.1 Å². The third-order valence-corrected chi connectivity index (χ3v) is 6.57. The van der Waals surface area contributed by atoms with Crippen LogP contribution in [0.15, 0.2) is 46.3 Å². The van der Waals surface area contributed by atoms with Gasteiger partial charge in [-0.2, -0.15) is 0 Å². The van der Waals surface area contributed by atoms with E-state index in [4.69, 9.17) is 23.7 Å². The number of halogens is 1. The number of anilines is 1. The molecule has 0 radical (unpaired) electrons. The highest BCUT2D eigenvalue weighted by atomic mass is 79.9. The van der Waals surface area contributed by atoms with Crippen molar-refractivity contribution < 1.29 is 33.3 Å². The van der Waals surface area contributed by atoms with E-state index in [1.165, 1.54) is 31.6 Å². The molecule has 36 heavy (non-hydrogen) atoms. The van der Waals surface area contributed by atoms with Crippen molar-refractivity contribution in [1.82, 2.24) is 0 Å². The van der Waals surface area contributed by atoms with Crippen LogP contribution in [0.1, 0.15) is 22.8 Å². The van der Waals surface area contributed by atoms with Gasteiger partial charge in [-0.25, -0.2) is 4.79 Å². The SMILES string of the molecule is CCOC(=O)c1c(-c2ccc(OC)c(OC)c2)csc1NC(=O)C=Cc1cc(Br)c(OC)c(OC)c1. The van der Waals surface area contributed by atoms with Crippen molar-refractivity contribution in [3.63, 3.8) is 0 Å².